The van der Waals surface area contributed by atoms with Gasteiger partial charge in [0, 0.05) is 10.6 Å². The number of carboxylic acid groups (broad SMARTS) is 1. The molecule has 1 aromatic heterocycles. The number of rotatable bonds is 5. The van der Waals surface area contributed by atoms with Crippen molar-refractivity contribution in [3.63, 3.8) is 0 Å². The first-order valence-corrected chi connectivity index (χ1v) is 12.2. The molecule has 1 aliphatic rings. The van der Waals surface area contributed by atoms with Crippen LogP contribution in [0.1, 0.15) is 36.6 Å². The van der Waals surface area contributed by atoms with Gasteiger partial charge < -0.3 is 14.3 Å². The second kappa shape index (κ2) is 9.11. The Morgan fingerprint density at radius 3 is 2.36 bits per heavy atom. The lowest BCUT2D eigenvalue weighted by atomic mass is 10.0. The third kappa shape index (κ3) is 4.02. The van der Waals surface area contributed by atoms with Crippen LogP contribution in [0.4, 0.5) is 5.69 Å². The fraction of sp³-hybridized carbons (Fsp3) is 0.0667. The zero-order valence-corrected chi connectivity index (χ0v) is 21.4. The molecule has 6 rings (SSSR count). The molecule has 39 heavy (non-hydrogen) atoms. The smallest absolute Gasteiger partial charge is 0.335 e. The van der Waals surface area contributed by atoms with E-state index in [0.717, 1.165) is 21.6 Å². The summed E-state index contributed by atoms with van der Waals surface area (Å²) in [6, 6.07) is 20.2. The molecule has 0 saturated carbocycles. The Bertz CT molecular complexity index is 1860. The first-order valence-electron chi connectivity index (χ1n) is 11.9. The van der Waals surface area contributed by atoms with Gasteiger partial charge in [-0.15, -0.1) is 0 Å². The maximum atomic E-state index is 13.3. The van der Waals surface area contributed by atoms with Gasteiger partial charge >= 0.3 is 5.97 Å². The van der Waals surface area contributed by atoms with Gasteiger partial charge in [-0.3, -0.25) is 9.59 Å². The molecule has 0 bridgehead atoms. The number of methoxy groups -OCH3 is 1. The number of carbonyl (C=O) groups is 3. The molecule has 2 amide bonds. The van der Waals surface area contributed by atoms with Crippen LogP contribution in [0, 0.1) is 6.92 Å². The SMILES string of the molecule is COc1ccc(-c2nc3cc(-c4ccc(Cl)c(C)c4)ccc3o2)cc1N1C(=O)c2ccc(C(=O)O)cc2C1=O. The largest absolute Gasteiger partial charge is 0.495 e. The van der Waals surface area contributed by atoms with E-state index in [-0.39, 0.29) is 28.1 Å². The van der Waals surface area contributed by atoms with E-state index in [0.29, 0.717) is 27.6 Å². The van der Waals surface area contributed by atoms with Crippen LogP contribution in [-0.2, 0) is 0 Å². The summed E-state index contributed by atoms with van der Waals surface area (Å²) in [6.45, 7) is 1.94. The number of carbonyl (C=O) groups excluding carboxylic acids is 2. The van der Waals surface area contributed by atoms with E-state index in [1.807, 2.05) is 43.3 Å². The summed E-state index contributed by atoms with van der Waals surface area (Å²) in [4.78, 5) is 43.5. The molecule has 0 saturated heterocycles. The maximum absolute atomic E-state index is 13.3. The molecule has 1 N–H and O–H groups in total. The third-order valence-electron chi connectivity index (χ3n) is 6.68. The number of nitrogens with zero attached hydrogens (tertiary/aromatic N) is 2. The molecule has 2 heterocycles. The summed E-state index contributed by atoms with van der Waals surface area (Å²) < 4.78 is 11.5. The van der Waals surface area contributed by atoms with Crippen LogP contribution >= 0.6 is 11.6 Å². The molecular weight excluding hydrogens is 520 g/mol. The number of anilines is 1. The highest BCUT2D eigenvalue weighted by Gasteiger charge is 2.39. The maximum Gasteiger partial charge on any atom is 0.335 e. The van der Waals surface area contributed by atoms with Crippen molar-refractivity contribution in [2.45, 2.75) is 6.92 Å². The molecular formula is C30H19ClN2O6. The molecule has 0 unspecified atom stereocenters. The Kier molecular flexibility index (Phi) is 5.70. The Hall–Kier alpha value is -4.95. The van der Waals surface area contributed by atoms with E-state index >= 15 is 0 Å². The lowest BCUT2D eigenvalue weighted by Crippen LogP contribution is -2.29. The quantitative estimate of drug-likeness (QED) is 0.250. The number of hydrogen-bond acceptors (Lipinski definition) is 6. The molecule has 1 aliphatic heterocycles. The Balaban J connectivity index is 1.40. The number of amides is 2. The fourth-order valence-corrected chi connectivity index (χ4v) is 4.76. The van der Waals surface area contributed by atoms with Gasteiger partial charge in [0.25, 0.3) is 11.8 Å². The fourth-order valence-electron chi connectivity index (χ4n) is 4.65. The van der Waals surface area contributed by atoms with Gasteiger partial charge in [-0.25, -0.2) is 14.7 Å². The van der Waals surface area contributed by atoms with Crippen LogP contribution in [0.25, 0.3) is 33.7 Å². The topological polar surface area (TPSA) is 110 Å². The molecule has 192 valence electrons. The van der Waals surface area contributed by atoms with Crippen molar-refractivity contribution in [3.8, 4) is 28.3 Å². The number of fused-ring (bicyclic) bond motifs is 2. The van der Waals surface area contributed by atoms with Gasteiger partial charge in [0.05, 0.1) is 29.5 Å². The molecule has 4 aromatic carbocycles. The summed E-state index contributed by atoms with van der Waals surface area (Å²) in [7, 11) is 1.43. The number of hydrogen-bond donors (Lipinski definition) is 1. The van der Waals surface area contributed by atoms with Crippen molar-refractivity contribution < 1.29 is 28.6 Å². The first kappa shape index (κ1) is 24.4. The Labute approximate surface area is 227 Å². The van der Waals surface area contributed by atoms with E-state index in [4.69, 9.17) is 20.8 Å². The van der Waals surface area contributed by atoms with Crippen LogP contribution in [0.3, 0.4) is 0 Å². The van der Waals surface area contributed by atoms with Crippen molar-refractivity contribution in [1.29, 1.82) is 0 Å². The normalized spacial score (nSPS) is 12.7. The van der Waals surface area contributed by atoms with Gasteiger partial charge in [0.2, 0.25) is 5.89 Å². The lowest BCUT2D eigenvalue weighted by Gasteiger charge is -2.18. The molecule has 0 radical (unpaired) electrons. The van der Waals surface area contributed by atoms with Crippen LogP contribution in [0.2, 0.25) is 5.02 Å². The number of carboxylic acids is 1. The zero-order valence-electron chi connectivity index (χ0n) is 20.7. The minimum atomic E-state index is -1.19. The van der Waals surface area contributed by atoms with Crippen LogP contribution in [-0.4, -0.2) is 35.0 Å². The van der Waals surface area contributed by atoms with Gasteiger partial charge in [-0.2, -0.15) is 0 Å². The van der Waals surface area contributed by atoms with Crippen LogP contribution in [0.5, 0.6) is 5.75 Å². The van der Waals surface area contributed by atoms with Crippen LogP contribution in [0.15, 0.2) is 77.2 Å². The molecule has 0 spiro atoms. The summed E-state index contributed by atoms with van der Waals surface area (Å²) in [5.74, 6) is -1.84. The minimum Gasteiger partial charge on any atom is -0.495 e. The Morgan fingerprint density at radius 1 is 0.897 bits per heavy atom. The number of oxazole rings is 1. The van der Waals surface area contributed by atoms with Gasteiger partial charge in [-0.1, -0.05) is 23.7 Å². The number of aromatic nitrogens is 1. The minimum absolute atomic E-state index is 0.0131. The third-order valence-corrected chi connectivity index (χ3v) is 7.10. The molecule has 0 fully saturated rings. The van der Waals surface area contributed by atoms with E-state index in [2.05, 4.69) is 4.98 Å². The highest BCUT2D eigenvalue weighted by molar-refractivity contribution is 6.35. The van der Waals surface area contributed by atoms with Crippen molar-refractivity contribution in [1.82, 2.24) is 4.98 Å². The number of halogens is 1. The molecule has 0 aliphatic carbocycles. The number of aromatic carboxylic acids is 1. The molecule has 0 atom stereocenters. The van der Waals surface area contributed by atoms with E-state index in [1.54, 1.807) is 18.2 Å². The summed E-state index contributed by atoms with van der Waals surface area (Å²) >= 11 is 6.17. The van der Waals surface area contributed by atoms with Crippen molar-refractivity contribution in [2.24, 2.45) is 0 Å². The molecule has 9 heteroatoms. The summed E-state index contributed by atoms with van der Waals surface area (Å²) in [5.41, 5.74) is 4.87. The predicted molar refractivity (Wildman–Crippen MR) is 146 cm³/mol. The summed E-state index contributed by atoms with van der Waals surface area (Å²) in [6.07, 6.45) is 0. The first-order chi connectivity index (χ1) is 18.7. The van der Waals surface area contributed by atoms with Gasteiger partial charge in [-0.05, 0) is 84.3 Å². The van der Waals surface area contributed by atoms with Crippen LogP contribution < -0.4 is 9.64 Å². The number of imide groups is 1. The van der Waals surface area contributed by atoms with E-state index in [1.165, 1.54) is 25.3 Å². The monoisotopic (exact) mass is 538 g/mol. The van der Waals surface area contributed by atoms with Crippen molar-refractivity contribution in [3.05, 3.63) is 100 Å². The number of aryl methyl sites for hydroxylation is 1. The van der Waals surface area contributed by atoms with Gasteiger partial charge in [0.1, 0.15) is 11.3 Å². The molecule has 8 nitrogen and oxygen atoms in total. The number of ether oxygens (including phenoxy) is 1. The van der Waals surface area contributed by atoms with Gasteiger partial charge in [0.15, 0.2) is 5.58 Å². The number of benzene rings is 4. The average Bonchev–Trinajstić information content (AvgIpc) is 3.47. The van der Waals surface area contributed by atoms with Crippen molar-refractivity contribution >= 4 is 46.2 Å². The predicted octanol–water partition coefficient (Wildman–Crippen LogP) is 6.63. The lowest BCUT2D eigenvalue weighted by molar-refractivity contribution is 0.0696. The molecule has 5 aromatic rings. The Morgan fingerprint density at radius 2 is 1.62 bits per heavy atom. The second-order valence-corrected chi connectivity index (χ2v) is 9.47. The standard InChI is InChI=1S/C30H19ClN2O6/c1-15-11-16(4-8-22(15)31)17-5-9-25-23(13-17)32-27(39-25)18-6-10-26(38-2)24(14-18)33-28(34)20-7-3-19(30(36)37)12-21(20)29(33)35/h3-14H,1-2H3,(H,36,37). The van der Waals surface area contributed by atoms with Crippen molar-refractivity contribution in [2.75, 3.05) is 12.0 Å². The van der Waals surface area contributed by atoms with E-state index in [9.17, 15) is 19.5 Å². The summed E-state index contributed by atoms with van der Waals surface area (Å²) in [5, 5.41) is 10.0. The zero-order chi connectivity index (χ0) is 27.4. The van der Waals surface area contributed by atoms with E-state index < -0.39 is 17.8 Å². The second-order valence-electron chi connectivity index (χ2n) is 9.06. The highest BCUT2D eigenvalue weighted by atomic mass is 35.5. The highest BCUT2D eigenvalue weighted by Crippen LogP contribution is 2.39. The average molecular weight is 539 g/mol.